The molecule has 1 fully saturated rings. The molecule has 1 saturated heterocycles. The summed E-state index contributed by atoms with van der Waals surface area (Å²) >= 11 is 0. The molecule has 0 spiro atoms. The molecule has 1 aliphatic heterocycles. The number of nitrogens with zero attached hydrogens (tertiary/aromatic N) is 5. The topological polar surface area (TPSA) is 90.6 Å². The molecule has 1 aliphatic rings. The van der Waals surface area contributed by atoms with Gasteiger partial charge in [-0.25, -0.2) is 19.2 Å². The molecule has 0 bridgehead atoms. The summed E-state index contributed by atoms with van der Waals surface area (Å²) in [5.74, 6) is -0.0435. The smallest absolute Gasteiger partial charge is 0.327 e. The van der Waals surface area contributed by atoms with Gasteiger partial charge >= 0.3 is 5.69 Å². The highest BCUT2D eigenvalue weighted by atomic mass is 19.1. The van der Waals surface area contributed by atoms with Crippen molar-refractivity contribution in [2.24, 2.45) is 0 Å². The van der Waals surface area contributed by atoms with Crippen LogP contribution in [0.2, 0.25) is 0 Å². The molecule has 160 valence electrons. The maximum absolute atomic E-state index is 13.8. The maximum atomic E-state index is 13.8. The number of H-pyrrole nitrogens is 1. The number of rotatable bonds is 3. The van der Waals surface area contributed by atoms with E-state index in [9.17, 15) is 9.18 Å². The Morgan fingerprint density at radius 3 is 2.88 bits per heavy atom. The first-order valence-electron chi connectivity index (χ1n) is 10.4. The van der Waals surface area contributed by atoms with Gasteiger partial charge in [0.05, 0.1) is 23.3 Å². The molecule has 8 nitrogen and oxygen atoms in total. The molecule has 0 unspecified atom stereocenters. The Morgan fingerprint density at radius 1 is 1.12 bits per heavy atom. The number of benzene rings is 2. The molecule has 1 N–H and O–H groups in total. The molecule has 0 amide bonds. The Hall–Kier alpha value is -3.85. The van der Waals surface area contributed by atoms with E-state index in [0.29, 0.717) is 47.6 Å². The zero-order valence-electron chi connectivity index (χ0n) is 17.0. The minimum Gasteiger partial charge on any atom is -0.373 e. The Balaban J connectivity index is 1.43. The van der Waals surface area contributed by atoms with Gasteiger partial charge in [0.25, 0.3) is 0 Å². The lowest BCUT2D eigenvalue weighted by molar-refractivity contribution is -0.00691. The van der Waals surface area contributed by atoms with E-state index in [1.165, 1.54) is 12.1 Å². The fourth-order valence-electron chi connectivity index (χ4n) is 4.42. The fourth-order valence-corrected chi connectivity index (χ4v) is 4.42. The van der Waals surface area contributed by atoms with Gasteiger partial charge in [-0.05, 0) is 30.5 Å². The van der Waals surface area contributed by atoms with Crippen molar-refractivity contribution in [1.29, 1.82) is 0 Å². The lowest BCUT2D eigenvalue weighted by Gasteiger charge is -2.30. The van der Waals surface area contributed by atoms with Gasteiger partial charge in [-0.1, -0.05) is 30.3 Å². The number of fused-ring (bicyclic) bond motifs is 2. The molecule has 6 rings (SSSR count). The monoisotopic (exact) mass is 430 g/mol. The molecule has 9 heteroatoms. The van der Waals surface area contributed by atoms with Crippen molar-refractivity contribution in [2.45, 2.75) is 25.0 Å². The van der Waals surface area contributed by atoms with Gasteiger partial charge in [0.2, 0.25) is 5.95 Å². The van der Waals surface area contributed by atoms with Crippen LogP contribution in [0.3, 0.4) is 0 Å². The third-order valence-electron chi connectivity index (χ3n) is 5.96. The van der Waals surface area contributed by atoms with Crippen molar-refractivity contribution in [3.8, 4) is 5.95 Å². The zero-order chi connectivity index (χ0) is 21.7. The predicted molar refractivity (Wildman–Crippen MR) is 116 cm³/mol. The van der Waals surface area contributed by atoms with E-state index in [4.69, 9.17) is 4.74 Å². The minimum absolute atomic E-state index is 0.0741. The molecule has 0 saturated carbocycles. The number of aromatic nitrogens is 6. The molecule has 2 atom stereocenters. The van der Waals surface area contributed by atoms with E-state index in [0.717, 1.165) is 5.56 Å². The van der Waals surface area contributed by atoms with Crippen LogP contribution in [-0.2, 0) is 4.74 Å². The molecular weight excluding hydrogens is 411 g/mol. The Kier molecular flexibility index (Phi) is 4.36. The van der Waals surface area contributed by atoms with Crippen molar-refractivity contribution < 1.29 is 9.13 Å². The van der Waals surface area contributed by atoms with Crippen LogP contribution in [0.15, 0.2) is 65.8 Å². The first-order valence-corrected chi connectivity index (χ1v) is 10.4. The maximum Gasteiger partial charge on any atom is 0.327 e. The van der Waals surface area contributed by atoms with Crippen LogP contribution < -0.4 is 5.69 Å². The highest BCUT2D eigenvalue weighted by Crippen LogP contribution is 2.34. The molecule has 3 aromatic heterocycles. The summed E-state index contributed by atoms with van der Waals surface area (Å²) < 4.78 is 23.1. The number of nitrogens with one attached hydrogen (secondary N) is 1. The first-order chi connectivity index (χ1) is 15.7. The number of aromatic amines is 1. The summed E-state index contributed by atoms with van der Waals surface area (Å²) in [6.07, 6.45) is 4.41. The summed E-state index contributed by atoms with van der Waals surface area (Å²) in [4.78, 5) is 29.1. The largest absolute Gasteiger partial charge is 0.373 e. The molecule has 0 radical (unpaired) electrons. The SMILES string of the molecule is O=c1[nH]c2cnc(-n3cnc4ccc(F)cc43)nc2n1[C@H]1CCO[C@H](c2ccccc2)C1. The van der Waals surface area contributed by atoms with Crippen LogP contribution in [0.1, 0.15) is 30.6 Å². The van der Waals surface area contributed by atoms with E-state index in [1.54, 1.807) is 27.7 Å². The zero-order valence-corrected chi connectivity index (χ0v) is 17.0. The number of hydrogen-bond donors (Lipinski definition) is 1. The second kappa shape index (κ2) is 7.38. The van der Waals surface area contributed by atoms with Crippen LogP contribution >= 0.6 is 0 Å². The summed E-state index contributed by atoms with van der Waals surface area (Å²) in [5.41, 5.74) is 3.12. The van der Waals surface area contributed by atoms with Gasteiger partial charge in [-0.3, -0.25) is 9.13 Å². The van der Waals surface area contributed by atoms with Crippen LogP contribution in [0.5, 0.6) is 0 Å². The molecule has 0 aliphatic carbocycles. The number of imidazole rings is 2. The fraction of sp³-hybridized carbons (Fsp3) is 0.217. The van der Waals surface area contributed by atoms with E-state index < -0.39 is 0 Å². The van der Waals surface area contributed by atoms with Gasteiger partial charge in [0.1, 0.15) is 17.7 Å². The quantitative estimate of drug-likeness (QED) is 0.471. The van der Waals surface area contributed by atoms with Crippen molar-refractivity contribution >= 4 is 22.2 Å². The second-order valence-corrected chi connectivity index (χ2v) is 7.90. The molecule has 5 aromatic rings. The standard InChI is InChI=1S/C23H19FN6O2/c24-15-6-7-17-19(10-15)29(13-26-17)22-25-12-18-21(28-22)30(23(31)27-18)16-8-9-32-20(11-16)14-4-2-1-3-5-14/h1-7,10,12-13,16,20H,8-9,11H2,(H,27,31)/t16-,20-/m0/s1. The van der Waals surface area contributed by atoms with Gasteiger partial charge in [-0.15, -0.1) is 0 Å². The van der Waals surface area contributed by atoms with E-state index in [-0.39, 0.29) is 23.7 Å². The van der Waals surface area contributed by atoms with Gasteiger partial charge in [-0.2, -0.15) is 4.98 Å². The summed E-state index contributed by atoms with van der Waals surface area (Å²) in [6.45, 7) is 0.548. The number of halogens is 1. The highest BCUT2D eigenvalue weighted by Gasteiger charge is 2.28. The van der Waals surface area contributed by atoms with Gasteiger partial charge in [0.15, 0.2) is 5.65 Å². The van der Waals surface area contributed by atoms with Crippen molar-refractivity contribution in [1.82, 2.24) is 29.1 Å². The molecular formula is C23H19FN6O2. The average Bonchev–Trinajstić information content (AvgIpc) is 3.39. The predicted octanol–water partition coefficient (Wildman–Crippen LogP) is 3.69. The third-order valence-corrected chi connectivity index (χ3v) is 5.96. The lowest BCUT2D eigenvalue weighted by Crippen LogP contribution is -2.29. The van der Waals surface area contributed by atoms with Crippen LogP contribution in [0, 0.1) is 5.82 Å². The average molecular weight is 430 g/mol. The number of ether oxygens (including phenoxy) is 1. The van der Waals surface area contributed by atoms with Crippen molar-refractivity contribution in [3.63, 3.8) is 0 Å². The van der Waals surface area contributed by atoms with E-state index >= 15 is 0 Å². The van der Waals surface area contributed by atoms with Gasteiger partial charge in [0, 0.05) is 18.7 Å². The normalized spacial score (nSPS) is 19.0. The van der Waals surface area contributed by atoms with E-state index in [1.807, 2.05) is 30.3 Å². The summed E-state index contributed by atoms with van der Waals surface area (Å²) in [7, 11) is 0. The summed E-state index contributed by atoms with van der Waals surface area (Å²) in [6, 6.07) is 14.3. The molecule has 4 heterocycles. The third kappa shape index (κ3) is 3.09. The van der Waals surface area contributed by atoms with E-state index in [2.05, 4.69) is 19.9 Å². The van der Waals surface area contributed by atoms with Crippen LogP contribution in [0.4, 0.5) is 4.39 Å². The van der Waals surface area contributed by atoms with Crippen molar-refractivity contribution in [2.75, 3.05) is 6.61 Å². The molecule has 2 aromatic carbocycles. The van der Waals surface area contributed by atoms with Crippen LogP contribution in [-0.4, -0.2) is 35.7 Å². The molecule has 32 heavy (non-hydrogen) atoms. The summed E-state index contributed by atoms with van der Waals surface area (Å²) in [5, 5.41) is 0. The number of hydrogen-bond acceptors (Lipinski definition) is 5. The van der Waals surface area contributed by atoms with Crippen molar-refractivity contribution in [3.05, 3.63) is 82.9 Å². The second-order valence-electron chi connectivity index (χ2n) is 7.90. The first kappa shape index (κ1) is 18.9. The van der Waals surface area contributed by atoms with Gasteiger partial charge < -0.3 is 9.72 Å². The minimum atomic E-state index is -0.368. The Morgan fingerprint density at radius 2 is 2.00 bits per heavy atom. The Bertz CT molecular complexity index is 1490. The Labute approximate surface area is 181 Å². The lowest BCUT2D eigenvalue weighted by atomic mass is 9.97. The highest BCUT2D eigenvalue weighted by molar-refractivity contribution is 5.77. The van der Waals surface area contributed by atoms with Crippen LogP contribution in [0.25, 0.3) is 28.1 Å².